The molecular formula is C14H16INO. The maximum atomic E-state index is 5.72. The Morgan fingerprint density at radius 1 is 0.941 bits per heavy atom. The van der Waals surface area contributed by atoms with Crippen molar-refractivity contribution in [2.75, 3.05) is 0 Å². The molecule has 0 atom stereocenters. The molecule has 0 N–H and O–H groups in total. The van der Waals surface area contributed by atoms with Crippen molar-refractivity contribution in [1.29, 1.82) is 0 Å². The van der Waals surface area contributed by atoms with E-state index in [0.717, 1.165) is 18.0 Å². The zero-order valence-corrected chi connectivity index (χ0v) is 12.2. The molecular weight excluding hydrogens is 325 g/mol. The van der Waals surface area contributed by atoms with E-state index in [2.05, 4.69) is 18.4 Å². The van der Waals surface area contributed by atoms with Crippen molar-refractivity contribution in [3.8, 4) is 11.5 Å². The number of pyridine rings is 1. The van der Waals surface area contributed by atoms with Crippen LogP contribution >= 0.6 is 0 Å². The summed E-state index contributed by atoms with van der Waals surface area (Å²) in [7, 11) is 0. The number of halogens is 1. The molecule has 2 aromatic rings. The number of hydrogen-bond donors (Lipinski definition) is 0. The van der Waals surface area contributed by atoms with E-state index >= 15 is 0 Å². The normalized spacial score (nSPS) is 9.53. The Kier molecular flexibility index (Phi) is 5.41. The first-order valence-electron chi connectivity index (χ1n) is 5.51. The van der Waals surface area contributed by atoms with Crippen LogP contribution in [-0.4, -0.2) is 0 Å². The lowest BCUT2D eigenvalue weighted by atomic mass is 10.2. The first-order valence-corrected chi connectivity index (χ1v) is 5.51. The number of nitrogens with zero attached hydrogens (tertiary/aromatic N) is 1. The van der Waals surface area contributed by atoms with E-state index in [1.807, 2.05) is 48.8 Å². The van der Waals surface area contributed by atoms with Crippen LogP contribution in [0.15, 0.2) is 48.8 Å². The van der Waals surface area contributed by atoms with Gasteiger partial charge in [0, 0.05) is 12.1 Å². The molecule has 0 amide bonds. The fourth-order valence-corrected chi connectivity index (χ4v) is 1.46. The smallest absolute Gasteiger partial charge is 0.172 e. The zero-order valence-electron chi connectivity index (χ0n) is 10.1. The van der Waals surface area contributed by atoms with Crippen LogP contribution in [0.1, 0.15) is 12.5 Å². The Morgan fingerprint density at radius 3 is 2.00 bits per heavy atom. The van der Waals surface area contributed by atoms with E-state index < -0.39 is 0 Å². The van der Waals surface area contributed by atoms with E-state index in [-0.39, 0.29) is 24.0 Å². The van der Waals surface area contributed by atoms with Crippen LogP contribution in [0.25, 0.3) is 0 Å². The Morgan fingerprint density at radius 2 is 1.47 bits per heavy atom. The quantitative estimate of drug-likeness (QED) is 0.570. The average molecular weight is 341 g/mol. The molecule has 0 aliphatic heterocycles. The summed E-state index contributed by atoms with van der Waals surface area (Å²) < 4.78 is 7.82. The predicted molar refractivity (Wildman–Crippen MR) is 63.6 cm³/mol. The van der Waals surface area contributed by atoms with Gasteiger partial charge in [-0.2, -0.15) is 0 Å². The van der Waals surface area contributed by atoms with Crippen molar-refractivity contribution in [1.82, 2.24) is 0 Å². The summed E-state index contributed by atoms with van der Waals surface area (Å²) >= 11 is 0. The molecule has 0 saturated heterocycles. The van der Waals surface area contributed by atoms with Gasteiger partial charge in [0.15, 0.2) is 12.4 Å². The standard InChI is InChI=1S/C14H16NO.HI/c1-3-15-10-8-14(9-11-15)16-13-6-4-12(2)5-7-13;/h4-11H,3H2,1-2H3;1H/q+1;/p-1. The average Bonchev–Trinajstić information content (AvgIpc) is 2.33. The molecule has 1 heterocycles. The van der Waals surface area contributed by atoms with Gasteiger partial charge in [0.2, 0.25) is 0 Å². The van der Waals surface area contributed by atoms with Gasteiger partial charge in [0.1, 0.15) is 18.0 Å². The van der Waals surface area contributed by atoms with E-state index in [1.54, 1.807) is 0 Å². The molecule has 0 bridgehead atoms. The van der Waals surface area contributed by atoms with E-state index in [4.69, 9.17) is 4.74 Å². The predicted octanol–water partition coefficient (Wildman–Crippen LogP) is 0.0987. The Hall–Kier alpha value is -1.10. The second-order valence-electron chi connectivity index (χ2n) is 3.78. The molecule has 0 fully saturated rings. The lowest BCUT2D eigenvalue weighted by molar-refractivity contribution is -0.693. The molecule has 0 saturated carbocycles. The highest BCUT2D eigenvalue weighted by atomic mass is 127. The molecule has 0 aliphatic rings. The van der Waals surface area contributed by atoms with Crippen LogP contribution in [0.3, 0.4) is 0 Å². The molecule has 90 valence electrons. The van der Waals surface area contributed by atoms with Gasteiger partial charge in [-0.3, -0.25) is 0 Å². The Labute approximate surface area is 119 Å². The van der Waals surface area contributed by atoms with Crippen molar-refractivity contribution in [2.24, 2.45) is 0 Å². The molecule has 1 aromatic heterocycles. The molecule has 0 aliphatic carbocycles. The van der Waals surface area contributed by atoms with E-state index in [9.17, 15) is 0 Å². The summed E-state index contributed by atoms with van der Waals surface area (Å²) in [5.41, 5.74) is 1.24. The van der Waals surface area contributed by atoms with Crippen LogP contribution in [0.4, 0.5) is 0 Å². The minimum atomic E-state index is 0. The molecule has 2 rings (SSSR count). The maximum Gasteiger partial charge on any atom is 0.172 e. The van der Waals surface area contributed by atoms with Gasteiger partial charge >= 0.3 is 0 Å². The third-order valence-corrected chi connectivity index (χ3v) is 2.48. The van der Waals surface area contributed by atoms with Crippen molar-refractivity contribution in [2.45, 2.75) is 20.4 Å². The third-order valence-electron chi connectivity index (χ3n) is 2.48. The largest absolute Gasteiger partial charge is 1.00 e. The summed E-state index contributed by atoms with van der Waals surface area (Å²) in [6.45, 7) is 5.15. The SMILES string of the molecule is CC[n+]1ccc(Oc2ccc(C)cc2)cc1.[I-]. The first kappa shape index (κ1) is 14.0. The lowest BCUT2D eigenvalue weighted by Crippen LogP contribution is -3.00. The van der Waals surface area contributed by atoms with Crippen molar-refractivity contribution < 1.29 is 33.3 Å². The third kappa shape index (κ3) is 4.00. The van der Waals surface area contributed by atoms with Gasteiger partial charge in [-0.1, -0.05) is 17.7 Å². The van der Waals surface area contributed by atoms with Gasteiger partial charge in [-0.05, 0) is 26.0 Å². The van der Waals surface area contributed by atoms with Gasteiger partial charge in [0.25, 0.3) is 0 Å². The Balaban J connectivity index is 0.00000144. The molecule has 17 heavy (non-hydrogen) atoms. The fourth-order valence-electron chi connectivity index (χ4n) is 1.46. The molecule has 0 spiro atoms. The van der Waals surface area contributed by atoms with Gasteiger partial charge < -0.3 is 28.7 Å². The van der Waals surface area contributed by atoms with Crippen LogP contribution in [0, 0.1) is 6.92 Å². The number of ether oxygens (including phenoxy) is 1. The number of aromatic nitrogens is 1. The zero-order chi connectivity index (χ0) is 11.4. The topological polar surface area (TPSA) is 13.1 Å². The summed E-state index contributed by atoms with van der Waals surface area (Å²) in [5.74, 6) is 1.74. The number of aryl methyl sites for hydroxylation is 2. The fraction of sp³-hybridized carbons (Fsp3) is 0.214. The monoisotopic (exact) mass is 341 g/mol. The summed E-state index contributed by atoms with van der Waals surface area (Å²) in [6, 6.07) is 12.0. The van der Waals surface area contributed by atoms with Crippen molar-refractivity contribution in [3.63, 3.8) is 0 Å². The first-order chi connectivity index (χ1) is 7.78. The molecule has 1 aromatic carbocycles. The highest BCUT2D eigenvalue weighted by Gasteiger charge is 2.00. The number of rotatable bonds is 3. The Bertz CT molecular complexity index is 451. The maximum absolute atomic E-state index is 5.72. The molecule has 3 heteroatoms. The van der Waals surface area contributed by atoms with E-state index in [0.29, 0.717) is 0 Å². The second kappa shape index (κ2) is 6.59. The van der Waals surface area contributed by atoms with Crippen LogP contribution < -0.4 is 33.3 Å². The molecule has 0 radical (unpaired) electrons. The summed E-state index contributed by atoms with van der Waals surface area (Å²) in [5, 5.41) is 0. The van der Waals surface area contributed by atoms with Gasteiger partial charge in [-0.25, -0.2) is 4.57 Å². The van der Waals surface area contributed by atoms with Crippen molar-refractivity contribution in [3.05, 3.63) is 54.4 Å². The van der Waals surface area contributed by atoms with Crippen molar-refractivity contribution >= 4 is 0 Å². The van der Waals surface area contributed by atoms with E-state index in [1.165, 1.54) is 5.56 Å². The summed E-state index contributed by atoms with van der Waals surface area (Å²) in [6.07, 6.45) is 4.03. The number of benzene rings is 1. The second-order valence-corrected chi connectivity index (χ2v) is 3.78. The highest BCUT2D eigenvalue weighted by molar-refractivity contribution is 5.31. The van der Waals surface area contributed by atoms with Crippen LogP contribution in [-0.2, 0) is 6.54 Å². The minimum Gasteiger partial charge on any atom is -1.00 e. The van der Waals surface area contributed by atoms with Crippen LogP contribution in [0.5, 0.6) is 11.5 Å². The van der Waals surface area contributed by atoms with Crippen LogP contribution in [0.2, 0.25) is 0 Å². The van der Waals surface area contributed by atoms with Gasteiger partial charge in [0.05, 0.1) is 0 Å². The molecule has 2 nitrogen and oxygen atoms in total. The number of hydrogen-bond acceptors (Lipinski definition) is 1. The lowest BCUT2D eigenvalue weighted by Gasteiger charge is -2.04. The van der Waals surface area contributed by atoms with Gasteiger partial charge in [-0.15, -0.1) is 0 Å². The summed E-state index contributed by atoms with van der Waals surface area (Å²) in [4.78, 5) is 0. The minimum absolute atomic E-state index is 0. The molecule has 0 unspecified atom stereocenters. The highest BCUT2D eigenvalue weighted by Crippen LogP contribution is 2.19.